The average molecular weight is 416 g/mol. The summed E-state index contributed by atoms with van der Waals surface area (Å²) in [4.78, 5) is 25.7. The van der Waals surface area contributed by atoms with Crippen molar-refractivity contribution in [2.45, 2.75) is 6.18 Å². The molecule has 0 heterocycles. The van der Waals surface area contributed by atoms with Crippen molar-refractivity contribution in [1.29, 1.82) is 0 Å². The number of carbonyl (C=O) groups is 2. The summed E-state index contributed by atoms with van der Waals surface area (Å²) in [5.41, 5.74) is -1.86. The van der Waals surface area contributed by atoms with Crippen LogP contribution in [0.25, 0.3) is 0 Å². The van der Waals surface area contributed by atoms with Gasteiger partial charge in [-0.1, -0.05) is 12.1 Å². The molecule has 5 nitrogen and oxygen atoms in total. The molecule has 0 saturated heterocycles. The third kappa shape index (κ3) is 6.24. The lowest BCUT2D eigenvalue weighted by Crippen LogP contribution is -2.40. The van der Waals surface area contributed by atoms with Gasteiger partial charge in [0, 0.05) is 25.3 Å². The van der Waals surface area contributed by atoms with Crippen LogP contribution in [-0.4, -0.2) is 43.5 Å². The Morgan fingerprint density at radius 3 is 2.28 bits per heavy atom. The van der Waals surface area contributed by atoms with E-state index in [1.54, 1.807) is 0 Å². The largest absolute Gasteiger partial charge is 0.418 e. The van der Waals surface area contributed by atoms with Gasteiger partial charge in [0.25, 0.3) is 5.91 Å². The fourth-order valence-corrected chi connectivity index (χ4v) is 2.52. The number of benzene rings is 2. The molecule has 0 aromatic heterocycles. The van der Waals surface area contributed by atoms with Gasteiger partial charge in [-0.15, -0.1) is 0 Å². The number of nitrogens with one attached hydrogen (secondary N) is 1. The number of rotatable bonds is 7. The van der Waals surface area contributed by atoms with Crippen molar-refractivity contribution < 1.29 is 36.3 Å². The van der Waals surface area contributed by atoms with E-state index in [-0.39, 0.29) is 18.7 Å². The summed E-state index contributed by atoms with van der Waals surface area (Å²) < 4.78 is 70.8. The average Bonchev–Trinajstić information content (AvgIpc) is 2.63. The van der Waals surface area contributed by atoms with Crippen LogP contribution in [0.2, 0.25) is 0 Å². The van der Waals surface area contributed by atoms with E-state index in [2.05, 4.69) is 5.32 Å². The lowest BCUT2D eigenvalue weighted by molar-refractivity contribution is -0.137. The highest BCUT2D eigenvalue weighted by molar-refractivity contribution is 5.99. The number of halogens is 5. The number of methoxy groups -OCH3 is 1. The molecule has 0 saturated carbocycles. The highest BCUT2D eigenvalue weighted by Gasteiger charge is 2.33. The summed E-state index contributed by atoms with van der Waals surface area (Å²) >= 11 is 0. The zero-order valence-corrected chi connectivity index (χ0v) is 15.2. The third-order valence-corrected chi connectivity index (χ3v) is 3.80. The summed E-state index contributed by atoms with van der Waals surface area (Å²) in [7, 11) is 1.34. The van der Waals surface area contributed by atoms with E-state index in [1.165, 1.54) is 19.2 Å². The first kappa shape index (κ1) is 22.3. The third-order valence-electron chi connectivity index (χ3n) is 3.80. The minimum Gasteiger partial charge on any atom is -0.383 e. The van der Waals surface area contributed by atoms with Crippen molar-refractivity contribution in [3.8, 4) is 0 Å². The van der Waals surface area contributed by atoms with Crippen molar-refractivity contribution in [2.24, 2.45) is 0 Å². The van der Waals surface area contributed by atoms with E-state index in [9.17, 15) is 31.5 Å². The highest BCUT2D eigenvalue weighted by atomic mass is 19.4. The molecule has 2 amide bonds. The molecule has 0 aliphatic heterocycles. The Hall–Kier alpha value is -3.01. The van der Waals surface area contributed by atoms with E-state index >= 15 is 0 Å². The molecule has 0 atom stereocenters. The topological polar surface area (TPSA) is 58.6 Å². The molecule has 0 radical (unpaired) electrons. The van der Waals surface area contributed by atoms with Crippen LogP contribution in [-0.2, 0) is 15.7 Å². The van der Waals surface area contributed by atoms with Crippen LogP contribution in [0.1, 0.15) is 15.9 Å². The van der Waals surface area contributed by atoms with Gasteiger partial charge < -0.3 is 15.0 Å². The summed E-state index contributed by atoms with van der Waals surface area (Å²) in [6.45, 7) is -0.774. The lowest BCUT2D eigenvalue weighted by Gasteiger charge is -2.22. The first-order valence-electron chi connectivity index (χ1n) is 8.32. The minimum absolute atomic E-state index is 0.00401. The van der Waals surface area contributed by atoms with Crippen LogP contribution in [0, 0.1) is 11.6 Å². The molecule has 1 N–H and O–H groups in total. The number of anilines is 1. The molecular weight excluding hydrogens is 399 g/mol. The van der Waals surface area contributed by atoms with Crippen molar-refractivity contribution in [3.05, 3.63) is 65.2 Å². The number of para-hydroxylation sites is 1. The second kappa shape index (κ2) is 9.46. The molecule has 156 valence electrons. The Balaban J connectivity index is 2.20. The normalized spacial score (nSPS) is 11.2. The maximum atomic E-state index is 13.4. The van der Waals surface area contributed by atoms with E-state index < -0.39 is 47.4 Å². The molecule has 0 aliphatic carbocycles. The van der Waals surface area contributed by atoms with Gasteiger partial charge >= 0.3 is 6.18 Å². The van der Waals surface area contributed by atoms with Crippen molar-refractivity contribution in [2.75, 3.05) is 32.1 Å². The van der Waals surface area contributed by atoms with E-state index in [4.69, 9.17) is 4.74 Å². The van der Waals surface area contributed by atoms with E-state index in [0.717, 1.165) is 29.2 Å². The lowest BCUT2D eigenvalue weighted by atomic mass is 10.1. The number of hydrogen-bond donors (Lipinski definition) is 1. The molecule has 0 unspecified atom stereocenters. The van der Waals surface area contributed by atoms with Gasteiger partial charge in [-0.2, -0.15) is 13.2 Å². The number of alkyl halides is 3. The van der Waals surface area contributed by atoms with Crippen LogP contribution in [0.5, 0.6) is 0 Å². The standard InChI is InChI=1S/C19H17F5N2O3/c1-29-7-6-26(18(28)12-8-13(20)10-14(21)9-12)11-17(27)25-16-5-3-2-4-15(16)19(22,23)24/h2-5,8-10H,6-7,11H2,1H3,(H,25,27). The Kier molecular flexibility index (Phi) is 7.27. The number of hydrogen-bond acceptors (Lipinski definition) is 3. The molecule has 2 aromatic rings. The maximum Gasteiger partial charge on any atom is 0.418 e. The van der Waals surface area contributed by atoms with E-state index in [0.29, 0.717) is 6.07 Å². The summed E-state index contributed by atoms with van der Waals surface area (Å²) in [5, 5.41) is 2.11. The Morgan fingerprint density at radius 1 is 1.07 bits per heavy atom. The van der Waals surface area contributed by atoms with Crippen molar-refractivity contribution in [1.82, 2.24) is 4.90 Å². The molecule has 0 fully saturated rings. The summed E-state index contributed by atoms with van der Waals surface area (Å²) in [6, 6.07) is 6.53. The second-order valence-electron chi connectivity index (χ2n) is 5.97. The molecule has 0 bridgehead atoms. The minimum atomic E-state index is -4.69. The van der Waals surface area contributed by atoms with Gasteiger partial charge in [0.1, 0.15) is 18.2 Å². The summed E-state index contributed by atoms with van der Waals surface area (Å²) in [5.74, 6) is -3.75. The number of nitrogens with zero attached hydrogens (tertiary/aromatic N) is 1. The van der Waals surface area contributed by atoms with Crippen LogP contribution < -0.4 is 5.32 Å². The van der Waals surface area contributed by atoms with Crippen molar-refractivity contribution >= 4 is 17.5 Å². The second-order valence-corrected chi connectivity index (χ2v) is 5.97. The maximum absolute atomic E-state index is 13.4. The van der Waals surface area contributed by atoms with Crippen molar-refractivity contribution in [3.63, 3.8) is 0 Å². The molecule has 2 aromatic carbocycles. The highest BCUT2D eigenvalue weighted by Crippen LogP contribution is 2.34. The predicted molar refractivity (Wildman–Crippen MR) is 94.2 cm³/mol. The Labute approximate surface area is 163 Å². The number of amides is 2. The monoisotopic (exact) mass is 416 g/mol. The van der Waals surface area contributed by atoms with Gasteiger partial charge in [0.2, 0.25) is 5.91 Å². The number of carbonyl (C=O) groups excluding carboxylic acids is 2. The first-order valence-corrected chi connectivity index (χ1v) is 8.32. The molecule has 2 rings (SSSR count). The van der Waals surface area contributed by atoms with Crippen LogP contribution in [0.4, 0.5) is 27.6 Å². The quantitative estimate of drug-likeness (QED) is 0.701. The van der Waals surface area contributed by atoms with Gasteiger partial charge in [-0.3, -0.25) is 9.59 Å². The fraction of sp³-hybridized carbons (Fsp3) is 0.263. The zero-order chi connectivity index (χ0) is 21.6. The molecule has 0 aliphatic rings. The predicted octanol–water partition coefficient (Wildman–Crippen LogP) is 3.71. The molecule has 29 heavy (non-hydrogen) atoms. The fourth-order valence-electron chi connectivity index (χ4n) is 2.52. The van der Waals surface area contributed by atoms with Gasteiger partial charge in [-0.25, -0.2) is 8.78 Å². The first-order chi connectivity index (χ1) is 13.6. The van der Waals surface area contributed by atoms with E-state index in [1.807, 2.05) is 0 Å². The van der Waals surface area contributed by atoms with Gasteiger partial charge in [0.15, 0.2) is 0 Å². The Bertz CT molecular complexity index is 866. The smallest absolute Gasteiger partial charge is 0.383 e. The number of ether oxygens (including phenoxy) is 1. The zero-order valence-electron chi connectivity index (χ0n) is 15.2. The molecular formula is C19H17F5N2O3. The molecule has 10 heteroatoms. The molecule has 0 spiro atoms. The van der Waals surface area contributed by atoms with Gasteiger partial charge in [-0.05, 0) is 24.3 Å². The summed E-state index contributed by atoms with van der Waals surface area (Å²) in [6.07, 6.45) is -4.69. The van der Waals surface area contributed by atoms with Crippen LogP contribution in [0.3, 0.4) is 0 Å². The van der Waals surface area contributed by atoms with Crippen LogP contribution in [0.15, 0.2) is 42.5 Å². The SMILES string of the molecule is COCCN(CC(=O)Nc1ccccc1C(F)(F)F)C(=O)c1cc(F)cc(F)c1. The van der Waals surface area contributed by atoms with Crippen LogP contribution >= 0.6 is 0 Å². The van der Waals surface area contributed by atoms with Gasteiger partial charge in [0.05, 0.1) is 17.9 Å². The Morgan fingerprint density at radius 2 is 1.69 bits per heavy atom.